The van der Waals surface area contributed by atoms with Crippen LogP contribution in [-0.2, 0) is 14.8 Å². The largest absolute Gasteiger partial charge is 0.354 e. The SMILES string of the molecule is CC(=O)Nc1c(C)noc1/C=C/c1ccc(S(=O)(=O)Nc2ccc(C)c(F)c2)s1. The van der Waals surface area contributed by atoms with E-state index in [1.54, 1.807) is 32.1 Å². The number of nitrogens with zero attached hydrogens (tertiary/aromatic N) is 1. The van der Waals surface area contributed by atoms with Gasteiger partial charge in [0, 0.05) is 11.8 Å². The molecule has 3 aromatic rings. The lowest BCUT2D eigenvalue weighted by molar-refractivity contribution is -0.114. The summed E-state index contributed by atoms with van der Waals surface area (Å²) in [7, 11) is -3.85. The Labute approximate surface area is 171 Å². The summed E-state index contributed by atoms with van der Waals surface area (Å²) in [5, 5.41) is 6.46. The number of carbonyl (C=O) groups excluding carboxylic acids is 1. The quantitative estimate of drug-likeness (QED) is 0.597. The van der Waals surface area contributed by atoms with E-state index in [0.717, 1.165) is 17.4 Å². The van der Waals surface area contributed by atoms with E-state index in [2.05, 4.69) is 15.2 Å². The van der Waals surface area contributed by atoms with Gasteiger partial charge in [-0.2, -0.15) is 0 Å². The van der Waals surface area contributed by atoms with E-state index in [-0.39, 0.29) is 15.8 Å². The number of thiophene rings is 1. The first-order valence-electron chi connectivity index (χ1n) is 8.46. The van der Waals surface area contributed by atoms with Gasteiger partial charge >= 0.3 is 0 Å². The van der Waals surface area contributed by atoms with Crippen molar-refractivity contribution in [3.05, 3.63) is 58.0 Å². The van der Waals surface area contributed by atoms with Crippen molar-refractivity contribution < 1.29 is 22.1 Å². The monoisotopic (exact) mass is 435 g/mol. The Bertz CT molecular complexity index is 1200. The molecule has 2 N–H and O–H groups in total. The molecule has 0 saturated carbocycles. The van der Waals surface area contributed by atoms with Gasteiger partial charge in [-0.15, -0.1) is 11.3 Å². The topological polar surface area (TPSA) is 101 Å². The summed E-state index contributed by atoms with van der Waals surface area (Å²) in [6, 6.07) is 7.23. The number of sulfonamides is 1. The average molecular weight is 436 g/mol. The zero-order valence-corrected chi connectivity index (χ0v) is 17.4. The first-order valence-corrected chi connectivity index (χ1v) is 10.8. The van der Waals surface area contributed by atoms with Crippen molar-refractivity contribution in [3.8, 4) is 0 Å². The molecule has 0 saturated heterocycles. The second kappa shape index (κ2) is 8.18. The third-order valence-corrected chi connectivity index (χ3v) is 6.80. The molecular formula is C19H18FN3O4S2. The van der Waals surface area contributed by atoms with Crippen LogP contribution < -0.4 is 10.0 Å². The van der Waals surface area contributed by atoms with Crippen LogP contribution in [0.5, 0.6) is 0 Å². The minimum Gasteiger partial charge on any atom is -0.354 e. The maximum Gasteiger partial charge on any atom is 0.271 e. The Morgan fingerprint density at radius 2 is 1.97 bits per heavy atom. The summed E-state index contributed by atoms with van der Waals surface area (Å²) in [6.07, 6.45) is 3.25. The van der Waals surface area contributed by atoms with Crippen LogP contribution in [0.3, 0.4) is 0 Å². The number of benzene rings is 1. The number of hydrogen-bond acceptors (Lipinski definition) is 6. The lowest BCUT2D eigenvalue weighted by atomic mass is 10.2. The highest BCUT2D eigenvalue weighted by Crippen LogP contribution is 2.28. The summed E-state index contributed by atoms with van der Waals surface area (Å²) in [5.41, 5.74) is 1.57. The van der Waals surface area contributed by atoms with Gasteiger partial charge in [0.25, 0.3) is 10.0 Å². The van der Waals surface area contributed by atoms with Crippen LogP contribution in [0.2, 0.25) is 0 Å². The van der Waals surface area contributed by atoms with E-state index >= 15 is 0 Å². The molecule has 0 radical (unpaired) electrons. The summed E-state index contributed by atoms with van der Waals surface area (Å²) in [5.74, 6) is -0.393. The standard InChI is InChI=1S/C19H18FN3O4S2/c1-11-4-5-14(10-16(11)20)23-29(25,26)18-9-7-15(28-18)6-8-17-19(21-13(3)24)12(2)22-27-17/h4-10,23H,1-3H3,(H,21,24)/b8-6+. The minimum absolute atomic E-state index is 0.0777. The Balaban J connectivity index is 1.79. The zero-order chi connectivity index (χ0) is 21.2. The predicted octanol–water partition coefficient (Wildman–Crippen LogP) is 4.42. The Morgan fingerprint density at radius 3 is 2.66 bits per heavy atom. The van der Waals surface area contributed by atoms with Crippen molar-refractivity contribution in [2.24, 2.45) is 0 Å². The van der Waals surface area contributed by atoms with Crippen LogP contribution in [0.25, 0.3) is 12.2 Å². The molecule has 7 nitrogen and oxygen atoms in total. The highest BCUT2D eigenvalue weighted by molar-refractivity contribution is 7.94. The summed E-state index contributed by atoms with van der Waals surface area (Å²) < 4.78 is 46.4. The van der Waals surface area contributed by atoms with Crippen molar-refractivity contribution in [1.29, 1.82) is 0 Å². The molecule has 0 aliphatic carbocycles. The highest BCUT2D eigenvalue weighted by Gasteiger charge is 2.17. The Hall–Kier alpha value is -2.98. The van der Waals surface area contributed by atoms with E-state index in [4.69, 9.17) is 4.52 Å². The highest BCUT2D eigenvalue weighted by atomic mass is 32.2. The van der Waals surface area contributed by atoms with Crippen LogP contribution >= 0.6 is 11.3 Å². The van der Waals surface area contributed by atoms with Gasteiger partial charge in [0.05, 0.1) is 5.69 Å². The summed E-state index contributed by atoms with van der Waals surface area (Å²) in [4.78, 5) is 11.9. The normalized spacial score (nSPS) is 11.7. The maximum absolute atomic E-state index is 13.7. The van der Waals surface area contributed by atoms with E-state index in [1.165, 1.54) is 25.1 Å². The minimum atomic E-state index is -3.85. The second-order valence-corrected chi connectivity index (χ2v) is 9.27. The van der Waals surface area contributed by atoms with Crippen molar-refractivity contribution in [3.63, 3.8) is 0 Å². The lowest BCUT2D eigenvalue weighted by Crippen LogP contribution is -2.11. The van der Waals surface area contributed by atoms with E-state index in [0.29, 0.717) is 27.6 Å². The van der Waals surface area contributed by atoms with Crippen LogP contribution in [0.4, 0.5) is 15.8 Å². The van der Waals surface area contributed by atoms with Crippen LogP contribution in [0, 0.1) is 19.7 Å². The summed E-state index contributed by atoms with van der Waals surface area (Å²) in [6.45, 7) is 4.67. The van der Waals surface area contributed by atoms with Crippen molar-refractivity contribution >= 4 is 50.8 Å². The molecule has 29 heavy (non-hydrogen) atoms. The average Bonchev–Trinajstić information content (AvgIpc) is 3.24. The number of carbonyl (C=O) groups is 1. The van der Waals surface area contributed by atoms with Crippen LogP contribution in [-0.4, -0.2) is 19.5 Å². The van der Waals surface area contributed by atoms with Gasteiger partial charge in [-0.25, -0.2) is 12.8 Å². The van der Waals surface area contributed by atoms with Gasteiger partial charge < -0.3 is 9.84 Å². The fourth-order valence-electron chi connectivity index (χ4n) is 2.42. The fraction of sp³-hybridized carbons (Fsp3) is 0.158. The molecule has 10 heteroatoms. The molecule has 0 unspecified atom stereocenters. The molecule has 152 valence electrons. The third kappa shape index (κ3) is 4.90. The number of aromatic nitrogens is 1. The number of anilines is 2. The smallest absolute Gasteiger partial charge is 0.271 e. The van der Waals surface area contributed by atoms with Crippen molar-refractivity contribution in [2.45, 2.75) is 25.0 Å². The molecule has 0 spiro atoms. The first-order chi connectivity index (χ1) is 13.7. The molecule has 2 aromatic heterocycles. The molecule has 1 amide bonds. The molecule has 0 bridgehead atoms. The second-order valence-electron chi connectivity index (χ2n) is 6.25. The number of rotatable bonds is 6. The first kappa shape index (κ1) is 20.7. The van der Waals surface area contributed by atoms with Crippen LogP contribution in [0.1, 0.15) is 28.8 Å². The molecule has 0 aliphatic heterocycles. The molecule has 1 aromatic carbocycles. The van der Waals surface area contributed by atoms with Gasteiger partial charge in [-0.1, -0.05) is 11.2 Å². The van der Waals surface area contributed by atoms with Gasteiger partial charge in [0.15, 0.2) is 5.76 Å². The lowest BCUT2D eigenvalue weighted by Gasteiger charge is -2.07. The zero-order valence-electron chi connectivity index (χ0n) is 15.8. The fourth-order valence-corrected chi connectivity index (χ4v) is 4.70. The van der Waals surface area contributed by atoms with E-state index in [1.807, 2.05) is 0 Å². The van der Waals surface area contributed by atoms with E-state index < -0.39 is 15.8 Å². The molecule has 0 atom stereocenters. The van der Waals surface area contributed by atoms with E-state index in [9.17, 15) is 17.6 Å². The third-order valence-electron chi connectivity index (χ3n) is 3.88. The van der Waals surface area contributed by atoms with Crippen molar-refractivity contribution in [2.75, 3.05) is 10.0 Å². The predicted molar refractivity (Wildman–Crippen MR) is 111 cm³/mol. The number of nitrogens with one attached hydrogen (secondary N) is 2. The van der Waals surface area contributed by atoms with Gasteiger partial charge in [0.1, 0.15) is 21.4 Å². The molecule has 0 fully saturated rings. The number of halogens is 1. The van der Waals surface area contributed by atoms with Gasteiger partial charge in [0.2, 0.25) is 5.91 Å². The molecular weight excluding hydrogens is 417 g/mol. The number of hydrogen-bond donors (Lipinski definition) is 2. The van der Waals surface area contributed by atoms with Crippen molar-refractivity contribution in [1.82, 2.24) is 5.16 Å². The molecule has 3 rings (SSSR count). The summed E-state index contributed by atoms with van der Waals surface area (Å²) >= 11 is 1.03. The number of amides is 1. The number of aryl methyl sites for hydroxylation is 2. The van der Waals surface area contributed by atoms with Crippen LogP contribution in [0.15, 0.2) is 39.1 Å². The Morgan fingerprint density at radius 1 is 1.21 bits per heavy atom. The molecule has 2 heterocycles. The van der Waals surface area contributed by atoms with Gasteiger partial charge in [-0.05, 0) is 55.8 Å². The molecule has 0 aliphatic rings. The Kier molecular flexibility index (Phi) is 5.85. The van der Waals surface area contributed by atoms with Gasteiger partial charge in [-0.3, -0.25) is 9.52 Å². The maximum atomic E-state index is 13.7.